The fraction of sp³-hybridized carbons (Fsp3) is 0.909. The molecule has 2 heteroatoms. The molecule has 0 amide bonds. The van der Waals surface area contributed by atoms with Crippen LogP contribution < -0.4 is 5.73 Å². The molecule has 2 saturated carbocycles. The van der Waals surface area contributed by atoms with Crippen LogP contribution in [0.2, 0.25) is 0 Å². The predicted octanol–water partition coefficient (Wildman–Crippen LogP) is 2.19. The van der Waals surface area contributed by atoms with Crippen LogP contribution in [-0.2, 0) is 0 Å². The Hall–Kier alpha value is -0.530. The van der Waals surface area contributed by atoms with Crippen LogP contribution in [0.15, 0.2) is 4.99 Å². The van der Waals surface area contributed by atoms with Crippen molar-refractivity contribution in [1.82, 2.24) is 0 Å². The lowest BCUT2D eigenvalue weighted by molar-refractivity contribution is 0.453. The first kappa shape index (κ1) is 9.04. The van der Waals surface area contributed by atoms with E-state index in [-0.39, 0.29) is 0 Å². The van der Waals surface area contributed by atoms with Gasteiger partial charge >= 0.3 is 0 Å². The SMILES string of the molecule is CC(C)C(N)=NCC1(C2CC2)CC1. The average molecular weight is 180 g/mol. The van der Waals surface area contributed by atoms with Crippen molar-refractivity contribution in [2.24, 2.45) is 28.0 Å². The van der Waals surface area contributed by atoms with Crippen LogP contribution in [0.25, 0.3) is 0 Å². The van der Waals surface area contributed by atoms with Gasteiger partial charge in [-0.05, 0) is 37.0 Å². The molecular weight excluding hydrogens is 160 g/mol. The Labute approximate surface area is 80.6 Å². The molecule has 2 rings (SSSR count). The molecular formula is C11H20N2. The summed E-state index contributed by atoms with van der Waals surface area (Å²) in [6.45, 7) is 5.22. The highest BCUT2D eigenvalue weighted by atomic mass is 14.9. The molecule has 0 heterocycles. The zero-order valence-electron chi connectivity index (χ0n) is 8.71. The van der Waals surface area contributed by atoms with Gasteiger partial charge in [0, 0.05) is 12.5 Å². The minimum atomic E-state index is 0.412. The van der Waals surface area contributed by atoms with E-state index in [4.69, 9.17) is 5.73 Å². The predicted molar refractivity (Wildman–Crippen MR) is 55.7 cm³/mol. The Kier molecular flexibility index (Phi) is 2.09. The van der Waals surface area contributed by atoms with Crippen LogP contribution in [0.3, 0.4) is 0 Å². The zero-order valence-corrected chi connectivity index (χ0v) is 8.71. The number of hydrogen-bond donors (Lipinski definition) is 1. The smallest absolute Gasteiger partial charge is 0.0963 e. The van der Waals surface area contributed by atoms with Crippen LogP contribution >= 0.6 is 0 Å². The zero-order chi connectivity index (χ0) is 9.47. The molecule has 2 aliphatic rings. The Bertz CT molecular complexity index is 222. The van der Waals surface area contributed by atoms with E-state index in [1.807, 2.05) is 0 Å². The van der Waals surface area contributed by atoms with Crippen molar-refractivity contribution in [3.05, 3.63) is 0 Å². The third kappa shape index (κ3) is 1.87. The Morgan fingerprint density at radius 3 is 2.46 bits per heavy atom. The molecule has 2 fully saturated rings. The van der Waals surface area contributed by atoms with Crippen molar-refractivity contribution in [3.8, 4) is 0 Å². The van der Waals surface area contributed by atoms with Crippen molar-refractivity contribution in [1.29, 1.82) is 0 Å². The summed E-state index contributed by atoms with van der Waals surface area (Å²) in [5, 5.41) is 0. The second-order valence-electron chi connectivity index (χ2n) is 5.03. The Morgan fingerprint density at radius 1 is 1.46 bits per heavy atom. The molecule has 2 N–H and O–H groups in total. The van der Waals surface area contributed by atoms with Gasteiger partial charge in [0.1, 0.15) is 0 Å². The number of hydrogen-bond acceptors (Lipinski definition) is 1. The normalized spacial score (nSPS) is 26.5. The molecule has 0 spiro atoms. The summed E-state index contributed by atoms with van der Waals surface area (Å²) >= 11 is 0. The number of nitrogens with two attached hydrogens (primary N) is 1. The summed E-state index contributed by atoms with van der Waals surface area (Å²) in [6.07, 6.45) is 5.67. The molecule has 74 valence electrons. The maximum Gasteiger partial charge on any atom is 0.0963 e. The number of aliphatic imine (C=N–C) groups is 1. The summed E-state index contributed by atoms with van der Waals surface area (Å²) in [4.78, 5) is 4.51. The number of amidine groups is 1. The molecule has 0 unspecified atom stereocenters. The maximum atomic E-state index is 5.82. The van der Waals surface area contributed by atoms with Crippen molar-refractivity contribution < 1.29 is 0 Å². The number of nitrogens with zero attached hydrogens (tertiary/aromatic N) is 1. The molecule has 13 heavy (non-hydrogen) atoms. The maximum absolute atomic E-state index is 5.82. The lowest BCUT2D eigenvalue weighted by Crippen LogP contribution is -2.21. The summed E-state index contributed by atoms with van der Waals surface area (Å²) in [5.74, 6) is 2.25. The quantitative estimate of drug-likeness (QED) is 0.522. The van der Waals surface area contributed by atoms with Crippen molar-refractivity contribution in [2.75, 3.05) is 6.54 Å². The highest BCUT2D eigenvalue weighted by Gasteiger charge is 2.53. The monoisotopic (exact) mass is 180 g/mol. The second kappa shape index (κ2) is 3.00. The van der Waals surface area contributed by atoms with Gasteiger partial charge in [-0.1, -0.05) is 13.8 Å². The molecule has 0 atom stereocenters. The topological polar surface area (TPSA) is 38.4 Å². The van der Waals surface area contributed by atoms with Gasteiger partial charge in [-0.3, -0.25) is 4.99 Å². The summed E-state index contributed by atoms with van der Waals surface area (Å²) in [7, 11) is 0. The average Bonchev–Trinajstić information content (AvgIpc) is 2.90. The van der Waals surface area contributed by atoms with Gasteiger partial charge < -0.3 is 5.73 Å². The molecule has 2 nitrogen and oxygen atoms in total. The summed E-state index contributed by atoms with van der Waals surface area (Å²) < 4.78 is 0. The Balaban J connectivity index is 1.87. The van der Waals surface area contributed by atoms with Gasteiger partial charge in [-0.25, -0.2) is 0 Å². The molecule has 0 aliphatic heterocycles. The first-order valence-corrected chi connectivity index (χ1v) is 5.44. The van der Waals surface area contributed by atoms with Crippen molar-refractivity contribution in [3.63, 3.8) is 0 Å². The lowest BCUT2D eigenvalue weighted by atomic mass is 10.0. The number of rotatable bonds is 4. The van der Waals surface area contributed by atoms with E-state index >= 15 is 0 Å². The van der Waals surface area contributed by atoms with E-state index in [0.29, 0.717) is 11.3 Å². The van der Waals surface area contributed by atoms with E-state index in [9.17, 15) is 0 Å². The molecule has 0 bridgehead atoms. The molecule has 2 aliphatic carbocycles. The second-order valence-corrected chi connectivity index (χ2v) is 5.03. The fourth-order valence-electron chi connectivity index (χ4n) is 1.98. The first-order chi connectivity index (χ1) is 6.14. The largest absolute Gasteiger partial charge is 0.387 e. The fourth-order valence-corrected chi connectivity index (χ4v) is 1.98. The highest BCUT2D eigenvalue weighted by Crippen LogP contribution is 2.61. The minimum absolute atomic E-state index is 0.412. The first-order valence-electron chi connectivity index (χ1n) is 5.44. The highest BCUT2D eigenvalue weighted by molar-refractivity contribution is 5.82. The van der Waals surface area contributed by atoms with Crippen LogP contribution in [-0.4, -0.2) is 12.4 Å². The van der Waals surface area contributed by atoms with Crippen molar-refractivity contribution in [2.45, 2.75) is 39.5 Å². The standard InChI is InChI=1S/C11H20N2/c1-8(2)10(12)13-7-11(5-6-11)9-3-4-9/h8-9H,3-7H2,1-2H3,(H2,12,13). The van der Waals surface area contributed by atoms with Gasteiger partial charge in [-0.2, -0.15) is 0 Å². The van der Waals surface area contributed by atoms with Crippen LogP contribution in [0.5, 0.6) is 0 Å². The van der Waals surface area contributed by atoms with Gasteiger partial charge in [0.05, 0.1) is 5.84 Å². The third-order valence-electron chi connectivity index (χ3n) is 3.50. The van der Waals surface area contributed by atoms with Crippen molar-refractivity contribution >= 4 is 5.84 Å². The van der Waals surface area contributed by atoms with E-state index < -0.39 is 0 Å². The minimum Gasteiger partial charge on any atom is -0.387 e. The van der Waals surface area contributed by atoms with Gasteiger partial charge in [-0.15, -0.1) is 0 Å². The van der Waals surface area contributed by atoms with E-state index in [0.717, 1.165) is 18.3 Å². The van der Waals surface area contributed by atoms with Crippen LogP contribution in [0.1, 0.15) is 39.5 Å². The van der Waals surface area contributed by atoms with E-state index in [2.05, 4.69) is 18.8 Å². The molecule has 0 radical (unpaired) electrons. The summed E-state index contributed by atoms with van der Waals surface area (Å²) in [6, 6.07) is 0. The van der Waals surface area contributed by atoms with Crippen LogP contribution in [0.4, 0.5) is 0 Å². The van der Waals surface area contributed by atoms with E-state index in [1.54, 1.807) is 0 Å². The lowest BCUT2D eigenvalue weighted by Gasteiger charge is -2.11. The van der Waals surface area contributed by atoms with Gasteiger partial charge in [0.2, 0.25) is 0 Å². The molecule has 0 aromatic carbocycles. The van der Waals surface area contributed by atoms with Crippen LogP contribution in [0, 0.1) is 17.3 Å². The molecule has 0 aromatic heterocycles. The molecule has 0 aromatic rings. The van der Waals surface area contributed by atoms with Gasteiger partial charge in [0.25, 0.3) is 0 Å². The molecule has 0 saturated heterocycles. The van der Waals surface area contributed by atoms with Gasteiger partial charge in [0.15, 0.2) is 0 Å². The Morgan fingerprint density at radius 2 is 2.08 bits per heavy atom. The summed E-state index contributed by atoms with van der Waals surface area (Å²) in [5.41, 5.74) is 6.43. The third-order valence-corrected chi connectivity index (χ3v) is 3.50. The van der Waals surface area contributed by atoms with E-state index in [1.165, 1.54) is 25.7 Å².